The first kappa shape index (κ1) is 15.7. The molecule has 1 unspecified atom stereocenters. The highest BCUT2D eigenvalue weighted by molar-refractivity contribution is 6.31. The molecule has 0 saturated carbocycles. The number of nitrogens with zero attached hydrogens (tertiary/aromatic N) is 1. The molecule has 1 aromatic carbocycles. The van der Waals surface area contributed by atoms with Crippen LogP contribution < -0.4 is 5.32 Å². The smallest absolute Gasteiger partial charge is 0.132 e. The summed E-state index contributed by atoms with van der Waals surface area (Å²) in [6.45, 7) is 9.94. The average Bonchev–Trinajstić information content (AvgIpc) is 2.48. The maximum atomic E-state index is 14.6. The Hall–Kier alpha value is -0.640. The summed E-state index contributed by atoms with van der Waals surface area (Å²) in [5.41, 5.74) is 1.36. The second-order valence-electron chi connectivity index (χ2n) is 5.71. The molecule has 1 aromatic rings. The maximum Gasteiger partial charge on any atom is 0.132 e. The molecule has 1 aliphatic rings. The van der Waals surface area contributed by atoms with E-state index in [-0.39, 0.29) is 11.9 Å². The number of nitrogens with one attached hydrogen (secondary N) is 1. The predicted octanol–water partition coefficient (Wildman–Crippen LogP) is 3.78. The Morgan fingerprint density at radius 3 is 2.60 bits per heavy atom. The summed E-state index contributed by atoms with van der Waals surface area (Å²) in [6, 6.07) is 3.65. The molecular formula is C16H24ClFN2. The summed E-state index contributed by atoms with van der Waals surface area (Å²) in [7, 11) is 0. The average molecular weight is 299 g/mol. The van der Waals surface area contributed by atoms with Crippen molar-refractivity contribution in [1.29, 1.82) is 0 Å². The molecule has 0 aromatic heterocycles. The van der Waals surface area contributed by atoms with Crippen molar-refractivity contribution >= 4 is 11.6 Å². The lowest BCUT2D eigenvalue weighted by atomic mass is 9.89. The van der Waals surface area contributed by atoms with Gasteiger partial charge in [-0.15, -0.1) is 0 Å². The minimum absolute atomic E-state index is 0.0644. The highest BCUT2D eigenvalue weighted by Gasteiger charge is 2.30. The zero-order chi connectivity index (χ0) is 14.7. The largest absolute Gasteiger partial charge is 0.314 e. The van der Waals surface area contributed by atoms with Crippen LogP contribution >= 0.6 is 11.6 Å². The van der Waals surface area contributed by atoms with Gasteiger partial charge in [-0.25, -0.2) is 4.39 Å². The van der Waals surface area contributed by atoms with Crippen LogP contribution in [0, 0.1) is 18.7 Å². The summed E-state index contributed by atoms with van der Waals surface area (Å²) in [5, 5.41) is 3.90. The molecule has 2 nitrogen and oxygen atoms in total. The number of hydrogen-bond acceptors (Lipinski definition) is 2. The number of halogens is 2. The van der Waals surface area contributed by atoms with Gasteiger partial charge < -0.3 is 5.32 Å². The fourth-order valence-electron chi connectivity index (χ4n) is 2.96. The van der Waals surface area contributed by atoms with E-state index in [1.165, 1.54) is 0 Å². The highest BCUT2D eigenvalue weighted by Crippen LogP contribution is 2.37. The van der Waals surface area contributed by atoms with Crippen molar-refractivity contribution < 1.29 is 4.39 Å². The Morgan fingerprint density at radius 1 is 1.35 bits per heavy atom. The van der Waals surface area contributed by atoms with E-state index in [0.29, 0.717) is 22.1 Å². The first-order chi connectivity index (χ1) is 9.56. The summed E-state index contributed by atoms with van der Waals surface area (Å²) in [4.78, 5) is 2.37. The third kappa shape index (κ3) is 3.16. The van der Waals surface area contributed by atoms with E-state index >= 15 is 0 Å². The number of piperazine rings is 1. The predicted molar refractivity (Wildman–Crippen MR) is 82.8 cm³/mol. The Morgan fingerprint density at radius 2 is 2.00 bits per heavy atom. The Bertz CT molecular complexity index is 458. The third-order valence-electron chi connectivity index (χ3n) is 4.34. The maximum absolute atomic E-state index is 14.6. The fourth-order valence-corrected chi connectivity index (χ4v) is 3.22. The van der Waals surface area contributed by atoms with Crippen molar-refractivity contribution in [3.8, 4) is 0 Å². The second-order valence-corrected chi connectivity index (χ2v) is 6.12. The van der Waals surface area contributed by atoms with E-state index in [0.717, 1.165) is 32.6 Å². The van der Waals surface area contributed by atoms with E-state index in [1.807, 2.05) is 6.07 Å². The van der Waals surface area contributed by atoms with Crippen molar-refractivity contribution in [2.75, 3.05) is 26.2 Å². The second kappa shape index (κ2) is 6.88. The van der Waals surface area contributed by atoms with Gasteiger partial charge in [0.1, 0.15) is 5.82 Å². The van der Waals surface area contributed by atoms with E-state index in [2.05, 4.69) is 24.1 Å². The van der Waals surface area contributed by atoms with Crippen LogP contribution in [0.4, 0.5) is 4.39 Å². The van der Waals surface area contributed by atoms with E-state index < -0.39 is 0 Å². The molecule has 0 radical (unpaired) electrons. The lowest BCUT2D eigenvalue weighted by molar-refractivity contribution is 0.125. The van der Waals surface area contributed by atoms with Gasteiger partial charge in [-0.05, 0) is 24.5 Å². The first-order valence-electron chi connectivity index (χ1n) is 7.45. The van der Waals surface area contributed by atoms with Crippen molar-refractivity contribution in [1.82, 2.24) is 10.2 Å². The highest BCUT2D eigenvalue weighted by atomic mass is 35.5. The van der Waals surface area contributed by atoms with Gasteiger partial charge in [0.2, 0.25) is 0 Å². The van der Waals surface area contributed by atoms with E-state index in [9.17, 15) is 4.39 Å². The van der Waals surface area contributed by atoms with Gasteiger partial charge in [0, 0.05) is 42.8 Å². The van der Waals surface area contributed by atoms with Crippen molar-refractivity contribution in [3.05, 3.63) is 34.1 Å². The van der Waals surface area contributed by atoms with Crippen LogP contribution in [0.3, 0.4) is 0 Å². The van der Waals surface area contributed by atoms with Gasteiger partial charge in [-0.1, -0.05) is 37.9 Å². The molecule has 2 rings (SSSR count). The zero-order valence-electron chi connectivity index (χ0n) is 12.5. The van der Waals surface area contributed by atoms with Crippen LogP contribution in [0.2, 0.25) is 5.02 Å². The van der Waals surface area contributed by atoms with Crippen LogP contribution in [0.25, 0.3) is 0 Å². The Kier molecular flexibility index (Phi) is 5.42. The van der Waals surface area contributed by atoms with Gasteiger partial charge in [0.05, 0.1) is 0 Å². The molecule has 1 N–H and O–H groups in total. The summed E-state index contributed by atoms with van der Waals surface area (Å²) >= 11 is 6.33. The Labute approximate surface area is 126 Å². The monoisotopic (exact) mass is 298 g/mol. The van der Waals surface area contributed by atoms with Gasteiger partial charge in [-0.2, -0.15) is 0 Å². The molecule has 1 saturated heterocycles. The van der Waals surface area contributed by atoms with Gasteiger partial charge in [-0.3, -0.25) is 4.90 Å². The van der Waals surface area contributed by atoms with Crippen molar-refractivity contribution in [2.24, 2.45) is 5.92 Å². The quantitative estimate of drug-likeness (QED) is 0.910. The van der Waals surface area contributed by atoms with Gasteiger partial charge >= 0.3 is 0 Å². The number of hydrogen-bond donors (Lipinski definition) is 1. The molecule has 0 amide bonds. The first-order valence-corrected chi connectivity index (χ1v) is 7.83. The molecule has 0 bridgehead atoms. The Balaban J connectivity index is 2.43. The number of rotatable bonds is 4. The molecule has 1 fully saturated rings. The van der Waals surface area contributed by atoms with Crippen LogP contribution in [-0.2, 0) is 0 Å². The summed E-state index contributed by atoms with van der Waals surface area (Å²) < 4.78 is 14.6. The minimum Gasteiger partial charge on any atom is -0.314 e. The van der Waals surface area contributed by atoms with E-state index in [4.69, 9.17) is 11.6 Å². The molecule has 4 heteroatoms. The van der Waals surface area contributed by atoms with Crippen LogP contribution in [0.1, 0.15) is 37.4 Å². The van der Waals surface area contributed by atoms with E-state index in [1.54, 1.807) is 13.0 Å². The fraction of sp³-hybridized carbons (Fsp3) is 0.625. The van der Waals surface area contributed by atoms with Crippen LogP contribution in [0.15, 0.2) is 12.1 Å². The normalized spacial score (nSPS) is 19.9. The standard InChI is InChI=1S/C16H24ClFN2/c1-4-11(2)16(20-9-7-19-8-10-20)14-13(17)6-5-12(3)15(14)18/h5-6,11,16,19H,4,7-10H2,1-3H3/t11?,16-/m1/s1. The van der Waals surface area contributed by atoms with Gasteiger partial charge in [0.25, 0.3) is 0 Å². The number of benzene rings is 1. The lowest BCUT2D eigenvalue weighted by Gasteiger charge is -2.39. The number of aryl methyl sites for hydroxylation is 1. The minimum atomic E-state index is -0.138. The topological polar surface area (TPSA) is 15.3 Å². The van der Waals surface area contributed by atoms with Gasteiger partial charge in [0.15, 0.2) is 0 Å². The zero-order valence-corrected chi connectivity index (χ0v) is 13.3. The SMILES string of the molecule is CCC(C)[C@H](c1c(Cl)ccc(C)c1F)N1CCNCC1. The molecule has 2 atom stereocenters. The van der Waals surface area contributed by atoms with Crippen molar-refractivity contribution in [3.63, 3.8) is 0 Å². The molecule has 1 heterocycles. The van der Waals surface area contributed by atoms with Crippen LogP contribution in [-0.4, -0.2) is 31.1 Å². The summed E-state index contributed by atoms with van der Waals surface area (Å²) in [5.74, 6) is 0.239. The molecule has 112 valence electrons. The molecular weight excluding hydrogens is 275 g/mol. The third-order valence-corrected chi connectivity index (χ3v) is 4.67. The molecule has 0 aliphatic carbocycles. The molecule has 20 heavy (non-hydrogen) atoms. The molecule has 0 spiro atoms. The summed E-state index contributed by atoms with van der Waals surface area (Å²) in [6.07, 6.45) is 1.01. The van der Waals surface area contributed by atoms with Crippen molar-refractivity contribution in [2.45, 2.75) is 33.2 Å². The lowest BCUT2D eigenvalue weighted by Crippen LogP contribution is -2.47. The van der Waals surface area contributed by atoms with Crippen LogP contribution in [0.5, 0.6) is 0 Å². The molecule has 1 aliphatic heterocycles.